The summed E-state index contributed by atoms with van der Waals surface area (Å²) in [6, 6.07) is 0.530. The van der Waals surface area contributed by atoms with E-state index in [1.54, 1.807) is 6.20 Å². The third-order valence-corrected chi connectivity index (χ3v) is 1.85. The lowest BCUT2D eigenvalue weighted by Crippen LogP contribution is -2.13. The van der Waals surface area contributed by atoms with Gasteiger partial charge in [-0.25, -0.2) is 4.68 Å². The lowest BCUT2D eigenvalue weighted by Gasteiger charge is -2.05. The topological polar surface area (TPSA) is 42.7 Å². The molecule has 0 bridgehead atoms. The molecule has 12 heavy (non-hydrogen) atoms. The maximum atomic E-state index is 3.92. The molecule has 0 saturated carbocycles. The van der Waals surface area contributed by atoms with Gasteiger partial charge in [0.05, 0.1) is 12.2 Å². The zero-order chi connectivity index (χ0) is 6.81. The Bertz CT molecular complexity index is 195. The van der Waals surface area contributed by atoms with Crippen LogP contribution in [-0.2, 0) is 0 Å². The Morgan fingerprint density at radius 2 is 2.25 bits per heavy atom. The van der Waals surface area contributed by atoms with Crippen molar-refractivity contribution in [3.8, 4) is 0 Å². The molecule has 1 aliphatic heterocycles. The van der Waals surface area contributed by atoms with E-state index in [4.69, 9.17) is 0 Å². The summed E-state index contributed by atoms with van der Waals surface area (Å²) in [5.41, 5.74) is 0. The van der Waals surface area contributed by atoms with Crippen LogP contribution in [-0.4, -0.2) is 28.1 Å². The fraction of sp³-hybridized carbons (Fsp3) is 0.667. The molecule has 70 valence electrons. The Kier molecular flexibility index (Phi) is 5.20. The fourth-order valence-corrected chi connectivity index (χ4v) is 1.28. The van der Waals surface area contributed by atoms with Gasteiger partial charge in [-0.1, -0.05) is 5.21 Å². The second-order valence-corrected chi connectivity index (χ2v) is 2.53. The van der Waals surface area contributed by atoms with Gasteiger partial charge in [-0.15, -0.1) is 29.9 Å². The van der Waals surface area contributed by atoms with Crippen LogP contribution in [0, 0.1) is 0 Å². The Hall–Kier alpha value is -0.320. The number of hydrogen-bond donors (Lipinski definition) is 1. The minimum atomic E-state index is 0. The van der Waals surface area contributed by atoms with Crippen LogP contribution >= 0.6 is 24.8 Å². The molecule has 0 aliphatic carbocycles. The lowest BCUT2D eigenvalue weighted by atomic mass is 10.3. The third kappa shape index (κ3) is 2.33. The maximum Gasteiger partial charge on any atom is 0.0693 e. The van der Waals surface area contributed by atoms with Gasteiger partial charge in [0.2, 0.25) is 0 Å². The monoisotopic (exact) mass is 210 g/mol. The first-order chi connectivity index (χ1) is 4.97. The Morgan fingerprint density at radius 1 is 1.42 bits per heavy atom. The number of hydrogen-bond acceptors (Lipinski definition) is 3. The lowest BCUT2D eigenvalue weighted by molar-refractivity contribution is 0.476. The van der Waals surface area contributed by atoms with Crippen LogP contribution in [0.5, 0.6) is 0 Å². The van der Waals surface area contributed by atoms with Gasteiger partial charge in [0.15, 0.2) is 0 Å². The molecule has 1 fully saturated rings. The van der Waals surface area contributed by atoms with Crippen LogP contribution in [0.3, 0.4) is 0 Å². The maximum absolute atomic E-state index is 3.92. The van der Waals surface area contributed by atoms with E-state index in [0.29, 0.717) is 6.04 Å². The second-order valence-electron chi connectivity index (χ2n) is 2.53. The number of rotatable bonds is 1. The average molecular weight is 211 g/mol. The molecule has 2 heterocycles. The summed E-state index contributed by atoms with van der Waals surface area (Å²) in [6.45, 7) is 2.13. The highest BCUT2D eigenvalue weighted by atomic mass is 35.5. The molecule has 0 aromatic carbocycles. The summed E-state index contributed by atoms with van der Waals surface area (Å²) in [5.74, 6) is 0. The largest absolute Gasteiger partial charge is 0.315 e. The van der Waals surface area contributed by atoms with Gasteiger partial charge < -0.3 is 5.32 Å². The number of aromatic nitrogens is 3. The normalized spacial score (nSPS) is 21.2. The minimum absolute atomic E-state index is 0. The van der Waals surface area contributed by atoms with Crippen LogP contribution in [0.2, 0.25) is 0 Å². The first-order valence-electron chi connectivity index (χ1n) is 3.53. The van der Waals surface area contributed by atoms with E-state index >= 15 is 0 Å². The Labute approximate surface area is 83.5 Å². The molecular weight excluding hydrogens is 199 g/mol. The smallest absolute Gasteiger partial charge is 0.0693 e. The predicted molar refractivity (Wildman–Crippen MR) is 51.0 cm³/mol. The van der Waals surface area contributed by atoms with Gasteiger partial charge in [-0.05, 0) is 13.0 Å². The highest BCUT2D eigenvalue weighted by molar-refractivity contribution is 5.85. The van der Waals surface area contributed by atoms with Crippen molar-refractivity contribution < 1.29 is 0 Å². The molecule has 0 unspecified atom stereocenters. The molecule has 4 nitrogen and oxygen atoms in total. The molecule has 1 saturated heterocycles. The quantitative estimate of drug-likeness (QED) is 0.741. The molecule has 2 rings (SSSR count). The van der Waals surface area contributed by atoms with Gasteiger partial charge in [-0.3, -0.25) is 0 Å². The highest BCUT2D eigenvalue weighted by Crippen LogP contribution is 2.11. The standard InChI is InChI=1S/C6H10N4.2ClH/c1-2-7-5-6(1)10-4-3-8-9-10;;/h3-4,6-7H,1-2,5H2;2*1H/t6-;;/m0../s1. The van der Waals surface area contributed by atoms with Crippen molar-refractivity contribution in [3.05, 3.63) is 12.4 Å². The predicted octanol–water partition coefficient (Wildman–Crippen LogP) is 0.656. The summed E-state index contributed by atoms with van der Waals surface area (Å²) < 4.78 is 1.92. The number of halogens is 2. The van der Waals surface area contributed by atoms with Crippen LogP contribution in [0.15, 0.2) is 12.4 Å². The van der Waals surface area contributed by atoms with Crippen LogP contribution in [0.1, 0.15) is 12.5 Å². The van der Waals surface area contributed by atoms with Gasteiger partial charge in [0, 0.05) is 12.7 Å². The van der Waals surface area contributed by atoms with Crippen molar-refractivity contribution in [1.82, 2.24) is 20.3 Å². The van der Waals surface area contributed by atoms with E-state index in [2.05, 4.69) is 15.6 Å². The van der Waals surface area contributed by atoms with Crippen molar-refractivity contribution in [2.75, 3.05) is 13.1 Å². The zero-order valence-corrected chi connectivity index (χ0v) is 8.14. The van der Waals surface area contributed by atoms with E-state index in [1.807, 2.05) is 10.9 Å². The molecule has 1 N–H and O–H groups in total. The summed E-state index contributed by atoms with van der Waals surface area (Å²) in [4.78, 5) is 0. The van der Waals surface area contributed by atoms with Gasteiger partial charge in [-0.2, -0.15) is 0 Å². The molecule has 0 amide bonds. The Morgan fingerprint density at radius 3 is 2.75 bits per heavy atom. The summed E-state index contributed by atoms with van der Waals surface area (Å²) >= 11 is 0. The molecule has 0 radical (unpaired) electrons. The van der Waals surface area contributed by atoms with Crippen LogP contribution < -0.4 is 5.32 Å². The number of nitrogens with one attached hydrogen (secondary N) is 1. The highest BCUT2D eigenvalue weighted by Gasteiger charge is 2.15. The van der Waals surface area contributed by atoms with Crippen molar-refractivity contribution in [2.24, 2.45) is 0 Å². The van der Waals surface area contributed by atoms with E-state index in [-0.39, 0.29) is 24.8 Å². The average Bonchev–Trinajstić information content (AvgIpc) is 2.59. The van der Waals surface area contributed by atoms with E-state index in [9.17, 15) is 0 Å². The van der Waals surface area contributed by atoms with Gasteiger partial charge in [0.1, 0.15) is 0 Å². The summed E-state index contributed by atoms with van der Waals surface area (Å²) in [7, 11) is 0. The van der Waals surface area contributed by atoms with Crippen molar-refractivity contribution in [1.29, 1.82) is 0 Å². The van der Waals surface area contributed by atoms with Crippen molar-refractivity contribution >= 4 is 24.8 Å². The fourth-order valence-electron chi connectivity index (χ4n) is 1.28. The minimum Gasteiger partial charge on any atom is -0.315 e. The van der Waals surface area contributed by atoms with Crippen LogP contribution in [0.25, 0.3) is 0 Å². The summed E-state index contributed by atoms with van der Waals surface area (Å²) in [5, 5.41) is 10.9. The summed E-state index contributed by atoms with van der Waals surface area (Å²) in [6.07, 6.45) is 4.80. The molecule has 1 atom stereocenters. The Balaban J connectivity index is 0.000000605. The van der Waals surface area contributed by atoms with Gasteiger partial charge >= 0.3 is 0 Å². The first kappa shape index (κ1) is 11.7. The molecule has 1 aromatic heterocycles. The zero-order valence-electron chi connectivity index (χ0n) is 6.51. The van der Waals surface area contributed by atoms with E-state index < -0.39 is 0 Å². The SMILES string of the molecule is Cl.Cl.c1cn([C@H]2CCNC2)nn1. The molecule has 6 heteroatoms. The number of nitrogens with zero attached hydrogens (tertiary/aromatic N) is 3. The van der Waals surface area contributed by atoms with Gasteiger partial charge in [0.25, 0.3) is 0 Å². The van der Waals surface area contributed by atoms with E-state index in [0.717, 1.165) is 13.1 Å². The van der Waals surface area contributed by atoms with Crippen LogP contribution in [0.4, 0.5) is 0 Å². The third-order valence-electron chi connectivity index (χ3n) is 1.85. The first-order valence-corrected chi connectivity index (χ1v) is 3.53. The molecule has 1 aliphatic rings. The van der Waals surface area contributed by atoms with E-state index in [1.165, 1.54) is 6.42 Å². The molecular formula is C6H12Cl2N4. The molecule has 0 spiro atoms. The molecule has 1 aromatic rings. The van der Waals surface area contributed by atoms with Crippen molar-refractivity contribution in [2.45, 2.75) is 12.5 Å². The van der Waals surface area contributed by atoms with Crippen molar-refractivity contribution in [3.63, 3.8) is 0 Å². The second kappa shape index (κ2) is 5.35.